The minimum atomic E-state index is -4.66. The van der Waals surface area contributed by atoms with Gasteiger partial charge in [0.1, 0.15) is 0 Å². The van der Waals surface area contributed by atoms with Crippen molar-refractivity contribution < 1.29 is 22.6 Å². The van der Waals surface area contributed by atoms with E-state index in [1.54, 1.807) is 0 Å². The first-order valence-corrected chi connectivity index (χ1v) is 15.0. The van der Waals surface area contributed by atoms with Gasteiger partial charge in [0.05, 0.1) is 6.42 Å². The molecule has 0 rings (SSSR count). The van der Waals surface area contributed by atoms with Crippen molar-refractivity contribution in [2.75, 3.05) is 19.6 Å². The van der Waals surface area contributed by atoms with Gasteiger partial charge in [0.15, 0.2) is 5.25 Å². The van der Waals surface area contributed by atoms with Gasteiger partial charge in [0, 0.05) is 6.54 Å². The van der Waals surface area contributed by atoms with Crippen molar-refractivity contribution in [2.24, 2.45) is 5.73 Å². The maximum atomic E-state index is 11.8. The summed E-state index contributed by atoms with van der Waals surface area (Å²) in [6, 6.07) is 0. The summed E-state index contributed by atoms with van der Waals surface area (Å²) in [5.74, 6) is -1.86. The number of amides is 2. The van der Waals surface area contributed by atoms with Crippen molar-refractivity contribution in [1.29, 1.82) is 0 Å². The van der Waals surface area contributed by atoms with Crippen molar-refractivity contribution in [3.63, 3.8) is 0 Å². The third-order valence-electron chi connectivity index (χ3n) is 6.08. The van der Waals surface area contributed by atoms with E-state index in [0.29, 0.717) is 13.0 Å². The number of rotatable bonds is 25. The maximum absolute atomic E-state index is 11.8. The fraction of sp³-hybridized carbons (Fsp3) is 0.920. The van der Waals surface area contributed by atoms with Crippen molar-refractivity contribution in [2.45, 2.75) is 128 Å². The van der Waals surface area contributed by atoms with Crippen LogP contribution in [-0.4, -0.2) is 49.7 Å². The molecule has 0 heterocycles. The highest BCUT2D eigenvalue weighted by atomic mass is 32.2. The van der Waals surface area contributed by atoms with E-state index >= 15 is 0 Å². The lowest BCUT2D eigenvalue weighted by Crippen LogP contribution is -2.42. The van der Waals surface area contributed by atoms with Crippen LogP contribution < -0.4 is 16.4 Å². The van der Waals surface area contributed by atoms with Crippen LogP contribution in [0.15, 0.2) is 0 Å². The van der Waals surface area contributed by atoms with Crippen molar-refractivity contribution >= 4 is 21.9 Å². The molecule has 2 amide bonds. The van der Waals surface area contributed by atoms with Crippen LogP contribution in [0.25, 0.3) is 0 Å². The van der Waals surface area contributed by atoms with Gasteiger partial charge in [-0.05, 0) is 25.9 Å². The third kappa shape index (κ3) is 21.4. The molecule has 5 N–H and O–H groups in total. The Morgan fingerprint density at radius 1 is 0.706 bits per heavy atom. The minimum absolute atomic E-state index is 0.259. The Balaban J connectivity index is 3.39. The van der Waals surface area contributed by atoms with Gasteiger partial charge in [-0.1, -0.05) is 103 Å². The number of nitrogens with two attached hydrogens (primary N) is 1. The van der Waals surface area contributed by atoms with Crippen LogP contribution in [0.3, 0.4) is 0 Å². The fourth-order valence-electron chi connectivity index (χ4n) is 3.98. The summed E-state index contributed by atoms with van der Waals surface area (Å²) in [6.45, 7) is 4.14. The lowest BCUT2D eigenvalue weighted by molar-refractivity contribution is -0.124. The second-order valence-electron chi connectivity index (χ2n) is 9.37. The van der Waals surface area contributed by atoms with E-state index in [0.717, 1.165) is 13.0 Å². The van der Waals surface area contributed by atoms with Crippen molar-refractivity contribution in [3.05, 3.63) is 0 Å². The first kappa shape index (κ1) is 32.8. The Morgan fingerprint density at radius 3 is 1.53 bits per heavy atom. The highest BCUT2D eigenvalue weighted by molar-refractivity contribution is 7.87. The highest BCUT2D eigenvalue weighted by Crippen LogP contribution is 2.13. The topological polar surface area (TPSA) is 139 Å². The number of hydrogen-bond acceptors (Lipinski definition) is 5. The molecular weight excluding hydrogens is 454 g/mol. The fourth-order valence-corrected chi connectivity index (χ4v) is 4.71. The largest absolute Gasteiger partial charge is 0.370 e. The Bertz CT molecular complexity index is 614. The molecule has 0 aliphatic heterocycles. The molecular formula is C25H51N3O5S. The van der Waals surface area contributed by atoms with Crippen LogP contribution in [0.1, 0.15) is 122 Å². The molecule has 34 heavy (non-hydrogen) atoms. The van der Waals surface area contributed by atoms with Gasteiger partial charge in [-0.15, -0.1) is 0 Å². The summed E-state index contributed by atoms with van der Waals surface area (Å²) in [5.41, 5.74) is 4.93. The lowest BCUT2D eigenvalue weighted by atomic mass is 10.0. The molecule has 8 nitrogen and oxygen atoms in total. The van der Waals surface area contributed by atoms with Gasteiger partial charge in [-0.25, -0.2) is 0 Å². The van der Waals surface area contributed by atoms with Crippen LogP contribution in [0, 0.1) is 0 Å². The molecule has 1 unspecified atom stereocenters. The third-order valence-corrected chi connectivity index (χ3v) is 7.18. The van der Waals surface area contributed by atoms with E-state index in [1.807, 2.05) is 0 Å². The van der Waals surface area contributed by atoms with E-state index < -0.39 is 33.6 Å². The molecule has 1 atom stereocenters. The van der Waals surface area contributed by atoms with Crippen LogP contribution in [-0.2, 0) is 19.7 Å². The van der Waals surface area contributed by atoms with Gasteiger partial charge in [0.25, 0.3) is 10.1 Å². The molecule has 0 fully saturated rings. The molecule has 0 spiro atoms. The summed E-state index contributed by atoms with van der Waals surface area (Å²) in [6.07, 6.45) is 21.5. The molecule has 0 aliphatic rings. The predicted octanol–water partition coefficient (Wildman–Crippen LogP) is 4.48. The van der Waals surface area contributed by atoms with E-state index in [1.165, 1.54) is 96.3 Å². The maximum Gasteiger partial charge on any atom is 0.277 e. The zero-order valence-electron chi connectivity index (χ0n) is 21.5. The Morgan fingerprint density at radius 2 is 1.12 bits per heavy atom. The lowest BCUT2D eigenvalue weighted by Gasteiger charge is -2.12. The molecule has 0 aromatic carbocycles. The average molecular weight is 506 g/mol. The quantitative estimate of drug-likeness (QED) is 0.107. The van der Waals surface area contributed by atoms with E-state index in [2.05, 4.69) is 17.6 Å². The van der Waals surface area contributed by atoms with Gasteiger partial charge < -0.3 is 16.4 Å². The Kier molecular flexibility index (Phi) is 21.5. The molecule has 0 bridgehead atoms. The van der Waals surface area contributed by atoms with Gasteiger partial charge >= 0.3 is 0 Å². The first-order valence-electron chi connectivity index (χ1n) is 13.5. The zero-order valence-corrected chi connectivity index (χ0v) is 22.3. The van der Waals surface area contributed by atoms with Crippen LogP contribution >= 0.6 is 0 Å². The number of carbonyl (C=O) groups excluding carboxylic acids is 2. The molecule has 202 valence electrons. The van der Waals surface area contributed by atoms with Gasteiger partial charge in [0.2, 0.25) is 11.8 Å². The summed E-state index contributed by atoms with van der Waals surface area (Å²) in [7, 11) is -4.66. The number of carbonyl (C=O) groups is 2. The van der Waals surface area contributed by atoms with Gasteiger partial charge in [-0.3, -0.25) is 14.1 Å². The van der Waals surface area contributed by atoms with E-state index in [9.17, 15) is 18.0 Å². The van der Waals surface area contributed by atoms with Crippen molar-refractivity contribution in [3.8, 4) is 0 Å². The van der Waals surface area contributed by atoms with E-state index in [4.69, 9.17) is 10.3 Å². The number of nitrogens with one attached hydrogen (secondary N) is 2. The summed E-state index contributed by atoms with van der Waals surface area (Å²) in [5, 5.41) is 3.89. The molecule has 0 saturated heterocycles. The predicted molar refractivity (Wildman–Crippen MR) is 139 cm³/mol. The zero-order chi connectivity index (χ0) is 25.5. The molecule has 0 aromatic rings. The van der Waals surface area contributed by atoms with Crippen LogP contribution in [0.5, 0.6) is 0 Å². The molecule has 9 heteroatoms. The highest BCUT2D eigenvalue weighted by Gasteiger charge is 2.32. The monoisotopic (exact) mass is 505 g/mol. The Labute approximate surface area is 208 Å². The minimum Gasteiger partial charge on any atom is -0.370 e. The summed E-state index contributed by atoms with van der Waals surface area (Å²) >= 11 is 0. The first-order chi connectivity index (χ1) is 16.3. The van der Waals surface area contributed by atoms with Crippen molar-refractivity contribution in [1.82, 2.24) is 10.6 Å². The average Bonchev–Trinajstić information content (AvgIpc) is 2.77. The number of primary amides is 1. The number of unbranched alkanes of at least 4 members (excludes halogenated alkanes) is 15. The van der Waals surface area contributed by atoms with E-state index in [-0.39, 0.29) is 6.54 Å². The summed E-state index contributed by atoms with van der Waals surface area (Å²) < 4.78 is 31.5. The molecule has 0 saturated carbocycles. The normalized spacial score (nSPS) is 12.5. The molecule has 0 radical (unpaired) electrons. The summed E-state index contributed by atoms with van der Waals surface area (Å²) in [4.78, 5) is 22.7. The smallest absolute Gasteiger partial charge is 0.277 e. The van der Waals surface area contributed by atoms with Crippen LogP contribution in [0.4, 0.5) is 0 Å². The van der Waals surface area contributed by atoms with Crippen LogP contribution in [0.2, 0.25) is 0 Å². The molecule has 0 aromatic heterocycles. The standard InChI is InChI=1S/C25H51N3O5S/c1-2-3-4-5-6-7-8-9-10-11-12-13-14-15-16-17-19-27-20-18-21-28-25(30)23(22-24(26)29)34(31,32)33/h23,27H,2-22H2,1H3,(H2,26,29)(H,28,30)(H,31,32,33). The SMILES string of the molecule is CCCCCCCCCCCCCCCCCCNCCCNC(=O)C(CC(N)=O)S(=O)(=O)O. The Hall–Kier alpha value is -1.19. The second-order valence-corrected chi connectivity index (χ2v) is 11.0. The van der Waals surface area contributed by atoms with Gasteiger partial charge in [-0.2, -0.15) is 8.42 Å². The number of hydrogen-bond donors (Lipinski definition) is 4. The second kappa shape index (κ2) is 22.3. The molecule has 0 aliphatic carbocycles.